The number of ether oxygens (including phenoxy) is 1. The first kappa shape index (κ1) is 23.6. The van der Waals surface area contributed by atoms with E-state index in [4.69, 9.17) is 16.3 Å². The highest BCUT2D eigenvalue weighted by Gasteiger charge is 2.31. The molecule has 0 heterocycles. The van der Waals surface area contributed by atoms with Crippen LogP contribution in [0.3, 0.4) is 0 Å². The molecule has 7 heteroatoms. The Morgan fingerprint density at radius 2 is 1.84 bits per heavy atom. The average molecular weight is 508 g/mol. The summed E-state index contributed by atoms with van der Waals surface area (Å²) in [5.41, 5.74) is 0.799. The van der Waals surface area contributed by atoms with E-state index >= 15 is 0 Å². The highest BCUT2D eigenvalue weighted by molar-refractivity contribution is 9.10. The second-order valence-electron chi connectivity index (χ2n) is 7.77. The molecular weight excluding hydrogens is 480 g/mol. The fraction of sp³-hybridized carbons (Fsp3) is 0.417. The predicted molar refractivity (Wildman–Crippen MR) is 126 cm³/mol. The van der Waals surface area contributed by atoms with Crippen molar-refractivity contribution >= 4 is 39.3 Å². The maximum Gasteiger partial charge on any atom is 0.261 e. The van der Waals surface area contributed by atoms with E-state index in [9.17, 15) is 9.59 Å². The molecule has 0 aliphatic heterocycles. The fourth-order valence-electron chi connectivity index (χ4n) is 3.86. The SMILES string of the molecule is CC[C@@H](C(=O)NC1CCCC1)N(Cc1ccccc1Cl)C(=O)COc1ccc(Br)cc1. The van der Waals surface area contributed by atoms with Crippen molar-refractivity contribution in [1.82, 2.24) is 10.2 Å². The molecule has 1 fully saturated rings. The third-order valence-electron chi connectivity index (χ3n) is 5.56. The summed E-state index contributed by atoms with van der Waals surface area (Å²) in [6, 6.07) is 14.3. The van der Waals surface area contributed by atoms with Crippen molar-refractivity contribution in [3.05, 3.63) is 63.6 Å². The summed E-state index contributed by atoms with van der Waals surface area (Å²) in [5.74, 6) is 0.229. The Morgan fingerprint density at radius 1 is 1.16 bits per heavy atom. The Kier molecular flexibility index (Phi) is 8.79. The lowest BCUT2D eigenvalue weighted by Gasteiger charge is -2.31. The number of hydrogen-bond acceptors (Lipinski definition) is 3. The molecule has 2 aromatic carbocycles. The third-order valence-corrected chi connectivity index (χ3v) is 6.46. The van der Waals surface area contributed by atoms with Crippen LogP contribution in [-0.4, -0.2) is 35.4 Å². The van der Waals surface area contributed by atoms with Crippen LogP contribution in [0, 0.1) is 0 Å². The second kappa shape index (κ2) is 11.5. The number of halogens is 2. The summed E-state index contributed by atoms with van der Waals surface area (Å²) in [6.07, 6.45) is 4.75. The predicted octanol–water partition coefficient (Wildman–Crippen LogP) is 5.35. The van der Waals surface area contributed by atoms with Crippen LogP contribution in [0.15, 0.2) is 53.0 Å². The van der Waals surface area contributed by atoms with Gasteiger partial charge in [-0.1, -0.05) is 65.5 Å². The normalized spacial score (nSPS) is 14.8. The van der Waals surface area contributed by atoms with Gasteiger partial charge < -0.3 is 15.0 Å². The minimum absolute atomic E-state index is 0.113. The van der Waals surface area contributed by atoms with Crippen LogP contribution >= 0.6 is 27.5 Å². The molecule has 3 rings (SSSR count). The van der Waals surface area contributed by atoms with E-state index in [-0.39, 0.29) is 31.0 Å². The molecule has 5 nitrogen and oxygen atoms in total. The maximum absolute atomic E-state index is 13.2. The van der Waals surface area contributed by atoms with E-state index in [0.717, 1.165) is 35.7 Å². The first-order valence-corrected chi connectivity index (χ1v) is 11.9. The quantitative estimate of drug-likeness (QED) is 0.498. The Bertz CT molecular complexity index is 885. The second-order valence-corrected chi connectivity index (χ2v) is 9.09. The zero-order valence-corrected chi connectivity index (χ0v) is 20.0. The number of carbonyl (C=O) groups is 2. The Labute approximate surface area is 197 Å². The summed E-state index contributed by atoms with van der Waals surface area (Å²) >= 11 is 9.74. The van der Waals surface area contributed by atoms with Gasteiger partial charge in [-0.2, -0.15) is 0 Å². The van der Waals surface area contributed by atoms with Crippen LogP contribution in [0.1, 0.15) is 44.6 Å². The van der Waals surface area contributed by atoms with E-state index in [1.54, 1.807) is 23.1 Å². The number of amides is 2. The lowest BCUT2D eigenvalue weighted by molar-refractivity contribution is -0.143. The fourth-order valence-corrected chi connectivity index (χ4v) is 4.32. The van der Waals surface area contributed by atoms with Gasteiger partial charge in [-0.3, -0.25) is 9.59 Å². The summed E-state index contributed by atoms with van der Waals surface area (Å²) in [5, 5.41) is 3.70. The lowest BCUT2D eigenvalue weighted by Crippen LogP contribution is -2.52. The molecule has 2 amide bonds. The van der Waals surface area contributed by atoms with Crippen molar-refractivity contribution in [2.75, 3.05) is 6.61 Å². The highest BCUT2D eigenvalue weighted by Crippen LogP contribution is 2.22. The van der Waals surface area contributed by atoms with Gasteiger partial charge in [0, 0.05) is 22.1 Å². The Hall–Kier alpha value is -2.05. The van der Waals surface area contributed by atoms with Gasteiger partial charge in [0.2, 0.25) is 5.91 Å². The topological polar surface area (TPSA) is 58.6 Å². The van der Waals surface area contributed by atoms with Crippen molar-refractivity contribution in [2.45, 2.75) is 57.7 Å². The van der Waals surface area contributed by atoms with E-state index < -0.39 is 6.04 Å². The van der Waals surface area contributed by atoms with Crippen LogP contribution < -0.4 is 10.1 Å². The number of carbonyl (C=O) groups excluding carboxylic acids is 2. The van der Waals surface area contributed by atoms with Gasteiger partial charge >= 0.3 is 0 Å². The van der Waals surface area contributed by atoms with Crippen molar-refractivity contribution in [1.29, 1.82) is 0 Å². The molecule has 1 aliphatic carbocycles. The minimum atomic E-state index is -0.585. The van der Waals surface area contributed by atoms with Gasteiger partial charge in [0.05, 0.1) is 0 Å². The summed E-state index contributed by atoms with van der Waals surface area (Å²) in [7, 11) is 0. The van der Waals surface area contributed by atoms with E-state index in [2.05, 4.69) is 21.2 Å². The van der Waals surface area contributed by atoms with Gasteiger partial charge in [-0.25, -0.2) is 0 Å². The van der Waals surface area contributed by atoms with Crippen LogP contribution in [0.25, 0.3) is 0 Å². The first-order valence-electron chi connectivity index (χ1n) is 10.7. The molecule has 1 N–H and O–H groups in total. The van der Waals surface area contributed by atoms with Gasteiger partial charge in [0.1, 0.15) is 11.8 Å². The molecule has 1 atom stereocenters. The van der Waals surface area contributed by atoms with Crippen molar-refractivity contribution in [2.24, 2.45) is 0 Å². The number of benzene rings is 2. The smallest absolute Gasteiger partial charge is 0.261 e. The molecule has 2 aromatic rings. The van der Waals surface area contributed by atoms with Crippen LogP contribution in [0.5, 0.6) is 5.75 Å². The first-order chi connectivity index (χ1) is 15.0. The Morgan fingerprint density at radius 3 is 2.48 bits per heavy atom. The molecule has 1 aliphatic rings. The maximum atomic E-state index is 13.2. The van der Waals surface area contributed by atoms with Gasteiger partial charge in [0.15, 0.2) is 6.61 Å². The molecule has 0 aromatic heterocycles. The molecule has 0 bridgehead atoms. The number of rotatable bonds is 9. The van der Waals surface area contributed by atoms with E-state index in [1.807, 2.05) is 37.3 Å². The summed E-state index contributed by atoms with van der Waals surface area (Å²) in [6.45, 7) is 2.01. The summed E-state index contributed by atoms with van der Waals surface area (Å²) in [4.78, 5) is 27.9. The zero-order valence-electron chi connectivity index (χ0n) is 17.7. The highest BCUT2D eigenvalue weighted by atomic mass is 79.9. The number of nitrogens with one attached hydrogen (secondary N) is 1. The summed E-state index contributed by atoms with van der Waals surface area (Å²) < 4.78 is 6.63. The van der Waals surface area contributed by atoms with Crippen molar-refractivity contribution in [3.8, 4) is 5.75 Å². The van der Waals surface area contributed by atoms with E-state index in [0.29, 0.717) is 17.2 Å². The molecule has 1 saturated carbocycles. The van der Waals surface area contributed by atoms with Crippen molar-refractivity contribution < 1.29 is 14.3 Å². The lowest BCUT2D eigenvalue weighted by atomic mass is 10.1. The monoisotopic (exact) mass is 506 g/mol. The molecule has 0 unspecified atom stereocenters. The molecular formula is C24H28BrClN2O3. The van der Waals surface area contributed by atoms with E-state index in [1.165, 1.54) is 0 Å². The van der Waals surface area contributed by atoms with Crippen LogP contribution in [0.4, 0.5) is 0 Å². The number of nitrogens with zero attached hydrogens (tertiary/aromatic N) is 1. The van der Waals surface area contributed by atoms with Crippen LogP contribution in [0.2, 0.25) is 5.02 Å². The molecule has 0 radical (unpaired) electrons. The van der Waals surface area contributed by atoms with Gasteiger partial charge in [-0.15, -0.1) is 0 Å². The van der Waals surface area contributed by atoms with Crippen LogP contribution in [-0.2, 0) is 16.1 Å². The van der Waals surface area contributed by atoms with Gasteiger partial charge in [0.25, 0.3) is 5.91 Å². The van der Waals surface area contributed by atoms with Crippen molar-refractivity contribution in [3.63, 3.8) is 0 Å². The zero-order chi connectivity index (χ0) is 22.2. The average Bonchev–Trinajstić information content (AvgIpc) is 3.27. The molecule has 0 spiro atoms. The Balaban J connectivity index is 1.76. The standard InChI is InChI=1S/C24H28BrClN2O3/c1-2-22(24(30)27-19-8-4-5-9-19)28(15-17-7-3-6-10-21(17)26)23(29)16-31-20-13-11-18(25)12-14-20/h3,6-7,10-14,19,22H,2,4-5,8-9,15-16H2,1H3,(H,27,30)/t22-/m0/s1. The number of hydrogen-bond donors (Lipinski definition) is 1. The molecule has 0 saturated heterocycles. The minimum Gasteiger partial charge on any atom is -0.484 e. The van der Waals surface area contributed by atoms with Gasteiger partial charge in [-0.05, 0) is 55.2 Å². The molecule has 166 valence electrons. The molecule has 31 heavy (non-hydrogen) atoms. The largest absolute Gasteiger partial charge is 0.484 e. The third kappa shape index (κ3) is 6.71.